The van der Waals surface area contributed by atoms with Crippen LogP contribution in [0, 0.1) is 5.92 Å². The second-order valence-electron chi connectivity index (χ2n) is 4.28. The van der Waals surface area contributed by atoms with Gasteiger partial charge in [0.15, 0.2) is 0 Å². The van der Waals surface area contributed by atoms with Gasteiger partial charge in [-0.3, -0.25) is 0 Å². The molecule has 2 heteroatoms. The molecule has 0 amide bonds. The van der Waals surface area contributed by atoms with Gasteiger partial charge in [-0.05, 0) is 37.0 Å². The van der Waals surface area contributed by atoms with Crippen LogP contribution in [0.2, 0.25) is 0 Å². The molecule has 1 aromatic carbocycles. The van der Waals surface area contributed by atoms with Crippen LogP contribution >= 0.6 is 0 Å². The zero-order chi connectivity index (χ0) is 11.3. The molecule has 15 heavy (non-hydrogen) atoms. The Kier molecular flexibility index (Phi) is 4.63. The smallest absolute Gasteiger partial charge is 0.119 e. The molecule has 1 aromatic rings. The van der Waals surface area contributed by atoms with Crippen molar-refractivity contribution in [2.24, 2.45) is 5.92 Å². The summed E-state index contributed by atoms with van der Waals surface area (Å²) >= 11 is 0. The van der Waals surface area contributed by atoms with Crippen LogP contribution in [-0.2, 0) is 0 Å². The van der Waals surface area contributed by atoms with Crippen LogP contribution in [0.25, 0.3) is 0 Å². The predicted molar refractivity (Wildman–Crippen MR) is 62.0 cm³/mol. The van der Waals surface area contributed by atoms with Gasteiger partial charge in [0.05, 0.1) is 12.7 Å². The minimum absolute atomic E-state index is 0.432. The molecule has 0 saturated carbocycles. The first-order chi connectivity index (χ1) is 7.09. The molecule has 0 fully saturated rings. The van der Waals surface area contributed by atoms with E-state index in [0.29, 0.717) is 5.92 Å². The topological polar surface area (TPSA) is 29.5 Å². The van der Waals surface area contributed by atoms with E-state index in [4.69, 9.17) is 4.74 Å². The standard InChI is InChI=1S/C13H20O2/c1-10(2)7-8-15-13-6-4-5-12(9-13)11(3)14/h4-6,9-11,14H,7-8H2,1-3H3. The lowest BCUT2D eigenvalue weighted by Gasteiger charge is -2.10. The third-order valence-electron chi connectivity index (χ3n) is 2.30. The van der Waals surface area contributed by atoms with Crippen molar-refractivity contribution in [2.75, 3.05) is 6.61 Å². The van der Waals surface area contributed by atoms with Crippen LogP contribution in [0.1, 0.15) is 38.9 Å². The first kappa shape index (κ1) is 12.1. The number of rotatable bonds is 5. The maximum absolute atomic E-state index is 9.41. The Morgan fingerprint density at radius 1 is 1.27 bits per heavy atom. The lowest BCUT2D eigenvalue weighted by Crippen LogP contribution is -2.02. The van der Waals surface area contributed by atoms with Crippen molar-refractivity contribution < 1.29 is 9.84 Å². The lowest BCUT2D eigenvalue weighted by molar-refractivity contribution is 0.198. The number of hydrogen-bond donors (Lipinski definition) is 1. The van der Waals surface area contributed by atoms with Gasteiger partial charge in [0.25, 0.3) is 0 Å². The first-order valence-electron chi connectivity index (χ1n) is 5.50. The normalized spacial score (nSPS) is 12.9. The Morgan fingerprint density at radius 3 is 2.60 bits per heavy atom. The van der Waals surface area contributed by atoms with Crippen LogP contribution in [0.5, 0.6) is 5.75 Å². The average Bonchev–Trinajstić information content (AvgIpc) is 2.17. The molecule has 0 spiro atoms. The van der Waals surface area contributed by atoms with Gasteiger partial charge in [0.2, 0.25) is 0 Å². The predicted octanol–water partition coefficient (Wildman–Crippen LogP) is 3.16. The van der Waals surface area contributed by atoms with Gasteiger partial charge in [-0.25, -0.2) is 0 Å². The van der Waals surface area contributed by atoms with Gasteiger partial charge in [-0.15, -0.1) is 0 Å². The highest BCUT2D eigenvalue weighted by atomic mass is 16.5. The molecule has 0 bridgehead atoms. The van der Waals surface area contributed by atoms with Gasteiger partial charge in [-0.2, -0.15) is 0 Å². The van der Waals surface area contributed by atoms with Gasteiger partial charge >= 0.3 is 0 Å². The van der Waals surface area contributed by atoms with E-state index in [2.05, 4.69) is 13.8 Å². The van der Waals surface area contributed by atoms with Crippen LogP contribution in [0.15, 0.2) is 24.3 Å². The summed E-state index contributed by atoms with van der Waals surface area (Å²) < 4.78 is 5.60. The Hall–Kier alpha value is -1.02. The second kappa shape index (κ2) is 5.76. The van der Waals surface area contributed by atoms with E-state index in [1.807, 2.05) is 24.3 Å². The summed E-state index contributed by atoms with van der Waals surface area (Å²) in [4.78, 5) is 0. The van der Waals surface area contributed by atoms with Crippen molar-refractivity contribution in [3.8, 4) is 5.75 Å². The molecule has 0 aromatic heterocycles. The molecular formula is C13H20O2. The zero-order valence-corrected chi connectivity index (χ0v) is 9.73. The Labute approximate surface area is 91.9 Å². The van der Waals surface area contributed by atoms with Gasteiger partial charge in [-0.1, -0.05) is 26.0 Å². The SMILES string of the molecule is CC(C)CCOc1cccc(C(C)O)c1. The van der Waals surface area contributed by atoms with E-state index < -0.39 is 6.10 Å². The van der Waals surface area contributed by atoms with Crippen molar-refractivity contribution in [2.45, 2.75) is 33.3 Å². The first-order valence-corrected chi connectivity index (χ1v) is 5.50. The molecule has 0 aliphatic carbocycles. The van der Waals surface area contributed by atoms with Gasteiger partial charge in [0, 0.05) is 0 Å². The number of aliphatic hydroxyl groups excluding tert-OH is 1. The molecular weight excluding hydrogens is 188 g/mol. The fourth-order valence-electron chi connectivity index (χ4n) is 1.28. The van der Waals surface area contributed by atoms with E-state index in [-0.39, 0.29) is 0 Å². The summed E-state index contributed by atoms with van der Waals surface area (Å²) in [7, 11) is 0. The quantitative estimate of drug-likeness (QED) is 0.805. The van der Waals surface area contributed by atoms with Crippen LogP contribution in [-0.4, -0.2) is 11.7 Å². The summed E-state index contributed by atoms with van der Waals surface area (Å²) in [6, 6.07) is 7.63. The lowest BCUT2D eigenvalue weighted by atomic mass is 10.1. The van der Waals surface area contributed by atoms with Crippen molar-refractivity contribution in [3.05, 3.63) is 29.8 Å². The molecule has 2 nitrogen and oxygen atoms in total. The molecule has 0 aliphatic heterocycles. The van der Waals surface area contributed by atoms with E-state index >= 15 is 0 Å². The fourth-order valence-corrected chi connectivity index (χ4v) is 1.28. The molecule has 0 radical (unpaired) electrons. The van der Waals surface area contributed by atoms with Crippen molar-refractivity contribution >= 4 is 0 Å². The molecule has 1 N–H and O–H groups in total. The van der Waals surface area contributed by atoms with Crippen LogP contribution in [0.3, 0.4) is 0 Å². The summed E-state index contributed by atoms with van der Waals surface area (Å²) in [5.41, 5.74) is 0.900. The van der Waals surface area contributed by atoms with E-state index in [9.17, 15) is 5.11 Å². The number of aliphatic hydroxyl groups is 1. The van der Waals surface area contributed by atoms with E-state index in [1.54, 1.807) is 6.92 Å². The molecule has 1 rings (SSSR count). The average molecular weight is 208 g/mol. The highest BCUT2D eigenvalue weighted by molar-refractivity contribution is 5.29. The highest BCUT2D eigenvalue weighted by Gasteiger charge is 2.02. The Bertz CT molecular complexity index is 292. The highest BCUT2D eigenvalue weighted by Crippen LogP contribution is 2.19. The minimum atomic E-state index is -0.432. The molecule has 0 heterocycles. The van der Waals surface area contributed by atoms with Crippen molar-refractivity contribution in [3.63, 3.8) is 0 Å². The van der Waals surface area contributed by atoms with Crippen molar-refractivity contribution in [1.82, 2.24) is 0 Å². The Morgan fingerprint density at radius 2 is 2.00 bits per heavy atom. The largest absolute Gasteiger partial charge is 0.494 e. The van der Waals surface area contributed by atoms with E-state index in [1.165, 1.54) is 0 Å². The maximum atomic E-state index is 9.41. The number of benzene rings is 1. The van der Waals surface area contributed by atoms with Crippen LogP contribution < -0.4 is 4.74 Å². The third kappa shape index (κ3) is 4.34. The minimum Gasteiger partial charge on any atom is -0.494 e. The summed E-state index contributed by atoms with van der Waals surface area (Å²) in [5, 5.41) is 9.41. The second-order valence-corrected chi connectivity index (χ2v) is 4.28. The third-order valence-corrected chi connectivity index (χ3v) is 2.30. The van der Waals surface area contributed by atoms with E-state index in [0.717, 1.165) is 24.3 Å². The number of hydrogen-bond acceptors (Lipinski definition) is 2. The molecule has 0 saturated heterocycles. The molecule has 0 aliphatic rings. The summed E-state index contributed by atoms with van der Waals surface area (Å²) in [6.45, 7) is 6.85. The summed E-state index contributed by atoms with van der Waals surface area (Å²) in [6.07, 6.45) is 0.623. The number of ether oxygens (including phenoxy) is 1. The van der Waals surface area contributed by atoms with Gasteiger partial charge in [0.1, 0.15) is 5.75 Å². The monoisotopic (exact) mass is 208 g/mol. The van der Waals surface area contributed by atoms with Crippen LogP contribution in [0.4, 0.5) is 0 Å². The Balaban J connectivity index is 2.50. The maximum Gasteiger partial charge on any atom is 0.119 e. The molecule has 1 atom stereocenters. The molecule has 1 unspecified atom stereocenters. The zero-order valence-electron chi connectivity index (χ0n) is 9.73. The molecule has 84 valence electrons. The van der Waals surface area contributed by atoms with Gasteiger partial charge < -0.3 is 9.84 Å². The van der Waals surface area contributed by atoms with Crippen molar-refractivity contribution in [1.29, 1.82) is 0 Å². The summed E-state index contributed by atoms with van der Waals surface area (Å²) in [5.74, 6) is 1.50. The fraction of sp³-hybridized carbons (Fsp3) is 0.538.